The predicted molar refractivity (Wildman–Crippen MR) is 80.4 cm³/mol. The van der Waals surface area contributed by atoms with Gasteiger partial charge in [-0.25, -0.2) is 0 Å². The minimum Gasteiger partial charge on any atom is -0.387 e. The maximum Gasteiger partial charge on any atom is 0.0930 e. The van der Waals surface area contributed by atoms with E-state index in [1.165, 1.54) is 4.88 Å². The van der Waals surface area contributed by atoms with E-state index >= 15 is 0 Å². The Hall–Kier alpha value is 0.800. The normalized spacial score (nSPS) is 13.0. The van der Waals surface area contributed by atoms with Gasteiger partial charge in [-0.05, 0) is 66.0 Å². The minimum atomic E-state index is -0.432. The monoisotopic (exact) mass is 444 g/mol. The molecule has 16 heavy (non-hydrogen) atoms. The topological polar surface area (TPSA) is 20.2 Å². The summed E-state index contributed by atoms with van der Waals surface area (Å²) in [7, 11) is 0. The average Bonchev–Trinajstić information content (AvgIpc) is 2.75. The smallest absolute Gasteiger partial charge is 0.0930 e. The van der Waals surface area contributed by atoms with Gasteiger partial charge in [0.15, 0.2) is 0 Å². The van der Waals surface area contributed by atoms with Crippen LogP contribution in [0.4, 0.5) is 0 Å². The molecule has 1 atom stereocenters. The van der Waals surface area contributed by atoms with Crippen molar-refractivity contribution in [1.82, 2.24) is 0 Å². The third-order valence-electron chi connectivity index (χ3n) is 2.02. The fourth-order valence-corrected chi connectivity index (χ4v) is 4.88. The molecule has 1 nitrogen and oxygen atoms in total. The molecule has 0 radical (unpaired) electrons. The van der Waals surface area contributed by atoms with Gasteiger partial charge in [-0.2, -0.15) is 0 Å². The Kier molecular flexibility index (Phi) is 4.66. The van der Waals surface area contributed by atoms with Gasteiger partial charge in [0.2, 0.25) is 0 Å². The van der Waals surface area contributed by atoms with Gasteiger partial charge in [-0.15, -0.1) is 22.7 Å². The summed E-state index contributed by atoms with van der Waals surface area (Å²) < 4.78 is 3.12. The van der Waals surface area contributed by atoms with Gasteiger partial charge >= 0.3 is 0 Å². The summed E-state index contributed by atoms with van der Waals surface area (Å²) in [6, 6.07) is 6.00. The van der Waals surface area contributed by atoms with Crippen LogP contribution < -0.4 is 0 Å². The average molecular weight is 447 g/mol. The van der Waals surface area contributed by atoms with E-state index in [4.69, 9.17) is 0 Å². The molecule has 0 aliphatic heterocycles. The molecule has 0 spiro atoms. The highest BCUT2D eigenvalue weighted by atomic mass is 79.9. The summed E-state index contributed by atoms with van der Waals surface area (Å²) in [5.41, 5.74) is 0. The van der Waals surface area contributed by atoms with Crippen molar-refractivity contribution >= 4 is 70.5 Å². The van der Waals surface area contributed by atoms with Gasteiger partial charge < -0.3 is 5.11 Å². The summed E-state index contributed by atoms with van der Waals surface area (Å²) in [4.78, 5) is 2.16. The quantitative estimate of drug-likeness (QED) is 0.671. The fourth-order valence-electron chi connectivity index (χ4n) is 1.28. The standard InChI is InChI=1S/C10H7Br3OS2/c11-6-4-8(16-10(6)13)7(14)3-5-1-2-9(12)15-5/h1-2,4,7,14H,3H2. The van der Waals surface area contributed by atoms with Crippen LogP contribution in [0.15, 0.2) is 30.2 Å². The maximum atomic E-state index is 10.1. The van der Waals surface area contributed by atoms with Gasteiger partial charge in [0, 0.05) is 20.6 Å². The molecule has 86 valence electrons. The van der Waals surface area contributed by atoms with E-state index < -0.39 is 6.10 Å². The number of hydrogen-bond acceptors (Lipinski definition) is 3. The predicted octanol–water partition coefficient (Wildman–Crippen LogP) is 5.37. The van der Waals surface area contributed by atoms with Crippen molar-refractivity contribution in [2.75, 3.05) is 0 Å². The van der Waals surface area contributed by atoms with Gasteiger partial charge in [0.1, 0.15) is 0 Å². The first-order valence-electron chi connectivity index (χ1n) is 4.43. The van der Waals surface area contributed by atoms with E-state index in [-0.39, 0.29) is 0 Å². The van der Waals surface area contributed by atoms with Crippen LogP contribution in [0, 0.1) is 0 Å². The summed E-state index contributed by atoms with van der Waals surface area (Å²) in [5, 5.41) is 10.1. The summed E-state index contributed by atoms with van der Waals surface area (Å²) >= 11 is 13.5. The van der Waals surface area contributed by atoms with Crippen molar-refractivity contribution in [2.24, 2.45) is 0 Å². The molecule has 0 saturated carbocycles. The van der Waals surface area contributed by atoms with Crippen molar-refractivity contribution in [3.05, 3.63) is 40.0 Å². The van der Waals surface area contributed by atoms with Gasteiger partial charge in [-0.3, -0.25) is 0 Å². The molecular weight excluding hydrogens is 440 g/mol. The van der Waals surface area contributed by atoms with Gasteiger partial charge in [0.25, 0.3) is 0 Å². The Bertz CT molecular complexity index is 472. The highest BCUT2D eigenvalue weighted by molar-refractivity contribution is 9.13. The van der Waals surface area contributed by atoms with E-state index in [0.717, 1.165) is 16.9 Å². The highest BCUT2D eigenvalue weighted by Crippen LogP contribution is 2.37. The molecule has 1 unspecified atom stereocenters. The molecule has 1 N–H and O–H groups in total. The number of halogens is 3. The van der Waals surface area contributed by atoms with E-state index in [2.05, 4.69) is 47.8 Å². The van der Waals surface area contributed by atoms with Crippen LogP contribution in [0.1, 0.15) is 15.9 Å². The van der Waals surface area contributed by atoms with E-state index in [1.807, 2.05) is 18.2 Å². The number of thiophene rings is 2. The summed E-state index contributed by atoms with van der Waals surface area (Å²) in [6.07, 6.45) is 0.230. The van der Waals surface area contributed by atoms with Crippen molar-refractivity contribution in [3.8, 4) is 0 Å². The lowest BCUT2D eigenvalue weighted by Gasteiger charge is -2.05. The van der Waals surface area contributed by atoms with Crippen LogP contribution in [0.2, 0.25) is 0 Å². The minimum absolute atomic E-state index is 0.432. The molecule has 0 amide bonds. The van der Waals surface area contributed by atoms with Crippen LogP contribution in [-0.2, 0) is 6.42 Å². The third kappa shape index (κ3) is 3.17. The fraction of sp³-hybridized carbons (Fsp3) is 0.200. The van der Waals surface area contributed by atoms with Crippen molar-refractivity contribution in [2.45, 2.75) is 12.5 Å². The van der Waals surface area contributed by atoms with Crippen LogP contribution in [0.25, 0.3) is 0 Å². The molecular formula is C10H7Br3OS2. The number of aliphatic hydroxyl groups excluding tert-OH is 1. The van der Waals surface area contributed by atoms with E-state index in [1.54, 1.807) is 22.7 Å². The zero-order valence-electron chi connectivity index (χ0n) is 7.91. The van der Waals surface area contributed by atoms with E-state index in [9.17, 15) is 5.11 Å². The van der Waals surface area contributed by atoms with Gasteiger partial charge in [0.05, 0.1) is 13.7 Å². The molecule has 0 fully saturated rings. The SMILES string of the molecule is OC(Cc1ccc(Br)s1)c1cc(Br)c(Br)s1. The molecule has 2 aromatic rings. The largest absolute Gasteiger partial charge is 0.387 e. The molecule has 0 bridgehead atoms. The molecule has 0 aliphatic carbocycles. The second kappa shape index (κ2) is 5.63. The van der Waals surface area contributed by atoms with E-state index in [0.29, 0.717) is 6.42 Å². The molecule has 0 saturated heterocycles. The zero-order valence-corrected chi connectivity index (χ0v) is 14.3. The zero-order chi connectivity index (χ0) is 11.7. The number of aliphatic hydroxyl groups is 1. The summed E-state index contributed by atoms with van der Waals surface area (Å²) in [6.45, 7) is 0. The number of rotatable bonds is 3. The molecule has 2 rings (SSSR count). The molecule has 0 aliphatic rings. The Morgan fingerprint density at radius 1 is 1.19 bits per heavy atom. The van der Waals surface area contributed by atoms with Crippen LogP contribution in [0.5, 0.6) is 0 Å². The second-order valence-corrected chi connectivity index (χ2v) is 9.00. The van der Waals surface area contributed by atoms with Gasteiger partial charge in [-0.1, -0.05) is 0 Å². The Morgan fingerprint density at radius 2 is 1.94 bits per heavy atom. The highest BCUT2D eigenvalue weighted by Gasteiger charge is 2.14. The number of hydrogen-bond donors (Lipinski definition) is 1. The van der Waals surface area contributed by atoms with Crippen LogP contribution >= 0.6 is 70.5 Å². The lowest BCUT2D eigenvalue weighted by molar-refractivity contribution is 0.183. The van der Waals surface area contributed by atoms with Crippen LogP contribution in [-0.4, -0.2) is 5.11 Å². The lowest BCUT2D eigenvalue weighted by atomic mass is 10.2. The Morgan fingerprint density at radius 3 is 2.44 bits per heavy atom. The van der Waals surface area contributed by atoms with Crippen molar-refractivity contribution in [3.63, 3.8) is 0 Å². The molecule has 0 aromatic carbocycles. The third-order valence-corrected chi connectivity index (χ3v) is 7.02. The Labute approximate surface area is 127 Å². The lowest BCUT2D eigenvalue weighted by Crippen LogP contribution is -1.97. The summed E-state index contributed by atoms with van der Waals surface area (Å²) in [5.74, 6) is 0. The molecule has 2 aromatic heterocycles. The van der Waals surface area contributed by atoms with Crippen molar-refractivity contribution < 1.29 is 5.11 Å². The second-order valence-electron chi connectivity index (χ2n) is 3.20. The molecule has 6 heteroatoms. The Balaban J connectivity index is 2.11. The first kappa shape index (κ1) is 13.2. The van der Waals surface area contributed by atoms with Crippen LogP contribution in [0.3, 0.4) is 0 Å². The first-order chi connectivity index (χ1) is 7.56. The molecule has 2 heterocycles. The maximum absolute atomic E-state index is 10.1. The van der Waals surface area contributed by atoms with Crippen molar-refractivity contribution in [1.29, 1.82) is 0 Å². The first-order valence-corrected chi connectivity index (χ1v) is 8.44.